The number of hydrogen-bond acceptors (Lipinski definition) is 2. The smallest absolute Gasteiger partial charge is 0.254 e. The number of benzene rings is 1. The van der Waals surface area contributed by atoms with E-state index in [1.54, 1.807) is 12.1 Å². The maximum atomic E-state index is 12.6. The van der Waals surface area contributed by atoms with Crippen molar-refractivity contribution in [1.29, 1.82) is 0 Å². The molecule has 19 heavy (non-hydrogen) atoms. The van der Waals surface area contributed by atoms with Gasteiger partial charge in [-0.1, -0.05) is 17.7 Å². The number of halogens is 1. The number of aliphatic hydroxyl groups excluding tert-OH is 1. The van der Waals surface area contributed by atoms with E-state index in [1.807, 2.05) is 17.9 Å². The van der Waals surface area contributed by atoms with Crippen LogP contribution in [-0.4, -0.2) is 35.1 Å². The van der Waals surface area contributed by atoms with Gasteiger partial charge in [0.05, 0.1) is 0 Å². The van der Waals surface area contributed by atoms with Gasteiger partial charge in [0.25, 0.3) is 5.91 Å². The third kappa shape index (κ3) is 2.93. The molecular weight excluding hydrogens is 262 g/mol. The summed E-state index contributed by atoms with van der Waals surface area (Å²) in [6, 6.07) is 5.64. The molecule has 2 unspecified atom stereocenters. The van der Waals surface area contributed by atoms with Gasteiger partial charge in [0.1, 0.15) is 0 Å². The van der Waals surface area contributed by atoms with Crippen LogP contribution in [0.3, 0.4) is 0 Å². The Morgan fingerprint density at radius 2 is 2.21 bits per heavy atom. The fourth-order valence-corrected chi connectivity index (χ4v) is 2.78. The molecule has 1 N–H and O–H groups in total. The van der Waals surface area contributed by atoms with Gasteiger partial charge in [0, 0.05) is 29.8 Å². The number of likely N-dealkylation sites (tertiary alicyclic amines) is 1. The van der Waals surface area contributed by atoms with Crippen molar-refractivity contribution < 1.29 is 9.90 Å². The standard InChI is InChI=1S/C15H20ClNO2/c1-10-6-7-12(9-18)8-17(10)15(19)13-4-3-5-14(16)11(13)2/h3-5,10,12,18H,6-9H2,1-2H3. The van der Waals surface area contributed by atoms with Gasteiger partial charge in [0.2, 0.25) is 0 Å². The van der Waals surface area contributed by atoms with Gasteiger partial charge in [0.15, 0.2) is 0 Å². The first kappa shape index (κ1) is 14.4. The van der Waals surface area contributed by atoms with E-state index >= 15 is 0 Å². The first-order valence-electron chi connectivity index (χ1n) is 6.71. The van der Waals surface area contributed by atoms with Crippen LogP contribution in [0.5, 0.6) is 0 Å². The molecule has 4 heteroatoms. The van der Waals surface area contributed by atoms with E-state index in [1.165, 1.54) is 0 Å². The molecule has 0 aliphatic carbocycles. The Morgan fingerprint density at radius 1 is 1.47 bits per heavy atom. The molecule has 1 aliphatic heterocycles. The molecule has 2 atom stereocenters. The molecule has 1 aromatic carbocycles. The zero-order chi connectivity index (χ0) is 14.0. The third-order valence-corrected chi connectivity index (χ3v) is 4.41. The second-order valence-electron chi connectivity index (χ2n) is 5.34. The van der Waals surface area contributed by atoms with Gasteiger partial charge in [-0.25, -0.2) is 0 Å². The summed E-state index contributed by atoms with van der Waals surface area (Å²) in [5.41, 5.74) is 1.49. The molecular formula is C15H20ClNO2. The van der Waals surface area contributed by atoms with Crippen molar-refractivity contribution in [3.63, 3.8) is 0 Å². The lowest BCUT2D eigenvalue weighted by Gasteiger charge is -2.37. The molecule has 3 nitrogen and oxygen atoms in total. The van der Waals surface area contributed by atoms with Gasteiger partial charge in [-0.15, -0.1) is 0 Å². The van der Waals surface area contributed by atoms with E-state index in [0.29, 0.717) is 17.1 Å². The summed E-state index contributed by atoms with van der Waals surface area (Å²) in [4.78, 5) is 14.5. The summed E-state index contributed by atoms with van der Waals surface area (Å²) in [5.74, 6) is 0.213. The van der Waals surface area contributed by atoms with Crippen LogP contribution in [-0.2, 0) is 0 Å². The zero-order valence-corrected chi connectivity index (χ0v) is 12.2. The number of carbonyl (C=O) groups excluding carboxylic acids is 1. The van der Waals surface area contributed by atoms with Crippen molar-refractivity contribution in [2.75, 3.05) is 13.2 Å². The average Bonchev–Trinajstić information content (AvgIpc) is 2.42. The van der Waals surface area contributed by atoms with Crippen LogP contribution in [0.25, 0.3) is 0 Å². The number of amides is 1. The summed E-state index contributed by atoms with van der Waals surface area (Å²) in [7, 11) is 0. The van der Waals surface area contributed by atoms with Crippen LogP contribution < -0.4 is 0 Å². The minimum atomic E-state index is 0.0191. The molecule has 0 saturated carbocycles. The average molecular weight is 282 g/mol. The highest BCUT2D eigenvalue weighted by Crippen LogP contribution is 2.26. The Labute approximate surface area is 119 Å². The number of aliphatic hydroxyl groups is 1. The van der Waals surface area contributed by atoms with E-state index in [9.17, 15) is 9.90 Å². The van der Waals surface area contributed by atoms with E-state index in [0.717, 1.165) is 18.4 Å². The SMILES string of the molecule is Cc1c(Cl)cccc1C(=O)N1CC(CO)CCC1C. The highest BCUT2D eigenvalue weighted by Gasteiger charge is 2.29. The van der Waals surface area contributed by atoms with Crippen LogP contribution in [0.4, 0.5) is 0 Å². The number of rotatable bonds is 2. The topological polar surface area (TPSA) is 40.5 Å². The highest BCUT2D eigenvalue weighted by atomic mass is 35.5. The van der Waals surface area contributed by atoms with Gasteiger partial charge < -0.3 is 10.0 Å². The predicted molar refractivity (Wildman–Crippen MR) is 76.5 cm³/mol. The van der Waals surface area contributed by atoms with Gasteiger partial charge >= 0.3 is 0 Å². The quantitative estimate of drug-likeness (QED) is 0.905. The molecule has 0 aromatic heterocycles. The molecule has 1 aromatic rings. The largest absolute Gasteiger partial charge is 0.396 e. The molecule has 0 spiro atoms. The predicted octanol–water partition coefficient (Wildman–Crippen LogP) is 2.88. The first-order chi connectivity index (χ1) is 9.04. The summed E-state index contributed by atoms with van der Waals surface area (Å²) >= 11 is 6.08. The fraction of sp³-hybridized carbons (Fsp3) is 0.533. The summed E-state index contributed by atoms with van der Waals surface area (Å²) in [6.45, 7) is 4.70. The number of hydrogen-bond donors (Lipinski definition) is 1. The Balaban J connectivity index is 2.24. The Hall–Kier alpha value is -1.06. The Bertz CT molecular complexity index is 475. The second-order valence-corrected chi connectivity index (χ2v) is 5.75. The number of nitrogens with zero attached hydrogens (tertiary/aromatic N) is 1. The van der Waals surface area contributed by atoms with Crippen molar-refractivity contribution in [3.8, 4) is 0 Å². The van der Waals surface area contributed by atoms with Crippen molar-refractivity contribution in [2.24, 2.45) is 5.92 Å². The lowest BCUT2D eigenvalue weighted by atomic mass is 9.93. The normalized spacial score (nSPS) is 23.5. The lowest BCUT2D eigenvalue weighted by molar-refractivity contribution is 0.0488. The van der Waals surface area contributed by atoms with Crippen LogP contribution in [0.1, 0.15) is 35.7 Å². The lowest BCUT2D eigenvalue weighted by Crippen LogP contribution is -2.46. The molecule has 1 saturated heterocycles. The minimum Gasteiger partial charge on any atom is -0.396 e. The van der Waals surface area contributed by atoms with E-state index < -0.39 is 0 Å². The van der Waals surface area contributed by atoms with Gasteiger partial charge in [-0.05, 0) is 50.3 Å². The molecule has 1 heterocycles. The van der Waals surface area contributed by atoms with Crippen LogP contribution >= 0.6 is 11.6 Å². The monoisotopic (exact) mass is 281 g/mol. The van der Waals surface area contributed by atoms with Crippen molar-refractivity contribution in [2.45, 2.75) is 32.7 Å². The zero-order valence-electron chi connectivity index (χ0n) is 11.4. The fourth-order valence-electron chi connectivity index (χ4n) is 2.61. The first-order valence-corrected chi connectivity index (χ1v) is 7.09. The Kier molecular flexibility index (Phi) is 4.48. The number of piperidine rings is 1. The van der Waals surface area contributed by atoms with Gasteiger partial charge in [-0.2, -0.15) is 0 Å². The van der Waals surface area contributed by atoms with E-state index in [-0.39, 0.29) is 24.5 Å². The molecule has 0 bridgehead atoms. The van der Waals surface area contributed by atoms with Crippen molar-refractivity contribution in [1.82, 2.24) is 4.90 Å². The van der Waals surface area contributed by atoms with Crippen LogP contribution in [0.15, 0.2) is 18.2 Å². The molecule has 1 aliphatic rings. The molecule has 1 fully saturated rings. The second kappa shape index (κ2) is 5.93. The van der Waals surface area contributed by atoms with Crippen molar-refractivity contribution >= 4 is 17.5 Å². The molecule has 2 rings (SSSR count). The summed E-state index contributed by atoms with van der Waals surface area (Å²) in [5, 5.41) is 9.91. The molecule has 0 radical (unpaired) electrons. The van der Waals surface area contributed by atoms with Crippen LogP contribution in [0.2, 0.25) is 5.02 Å². The molecule has 104 valence electrons. The summed E-state index contributed by atoms with van der Waals surface area (Å²) < 4.78 is 0. The van der Waals surface area contributed by atoms with E-state index in [2.05, 4.69) is 6.92 Å². The third-order valence-electron chi connectivity index (χ3n) is 4.00. The highest BCUT2D eigenvalue weighted by molar-refractivity contribution is 6.31. The summed E-state index contributed by atoms with van der Waals surface area (Å²) in [6.07, 6.45) is 1.92. The van der Waals surface area contributed by atoms with Crippen LogP contribution in [0, 0.1) is 12.8 Å². The van der Waals surface area contributed by atoms with Crippen molar-refractivity contribution in [3.05, 3.63) is 34.3 Å². The maximum absolute atomic E-state index is 12.6. The molecule has 1 amide bonds. The van der Waals surface area contributed by atoms with Gasteiger partial charge in [-0.3, -0.25) is 4.79 Å². The number of carbonyl (C=O) groups is 1. The Morgan fingerprint density at radius 3 is 2.89 bits per heavy atom. The maximum Gasteiger partial charge on any atom is 0.254 e. The van der Waals surface area contributed by atoms with E-state index in [4.69, 9.17) is 11.6 Å². The minimum absolute atomic E-state index is 0.0191.